The molecule has 0 spiro atoms. The molecule has 4 nitrogen and oxygen atoms in total. The minimum Gasteiger partial charge on any atom is -0.352 e. The smallest absolute Gasteiger partial charge is 0.255 e. The number of anilines is 1. The fourth-order valence-corrected chi connectivity index (χ4v) is 2.34. The fraction of sp³-hybridized carbons (Fsp3) is 0.263. The third-order valence-electron chi connectivity index (χ3n) is 3.57. The number of halogens is 2. The third-order valence-corrected chi connectivity index (χ3v) is 3.86. The summed E-state index contributed by atoms with van der Waals surface area (Å²) in [5.41, 5.74) is 1.12. The lowest BCUT2D eigenvalue weighted by atomic mass is 10.1. The highest BCUT2D eigenvalue weighted by molar-refractivity contribution is 6.31. The van der Waals surface area contributed by atoms with E-state index in [2.05, 4.69) is 24.5 Å². The Morgan fingerprint density at radius 1 is 1.08 bits per heavy atom. The Morgan fingerprint density at radius 2 is 1.76 bits per heavy atom. The van der Waals surface area contributed by atoms with Gasteiger partial charge in [-0.2, -0.15) is 0 Å². The first-order valence-electron chi connectivity index (χ1n) is 8.01. The summed E-state index contributed by atoms with van der Waals surface area (Å²) in [6, 6.07) is 10.3. The summed E-state index contributed by atoms with van der Waals surface area (Å²) in [5.74, 6) is -0.681. The molecule has 6 heteroatoms. The Hall–Kier alpha value is -2.40. The van der Waals surface area contributed by atoms with Gasteiger partial charge in [0.2, 0.25) is 0 Å². The highest BCUT2D eigenvalue weighted by Crippen LogP contribution is 2.20. The van der Waals surface area contributed by atoms with Crippen LogP contribution in [0.15, 0.2) is 42.5 Å². The Morgan fingerprint density at radius 3 is 2.40 bits per heavy atom. The van der Waals surface area contributed by atoms with E-state index in [0.717, 1.165) is 6.42 Å². The van der Waals surface area contributed by atoms with Gasteiger partial charge in [0.25, 0.3) is 11.8 Å². The van der Waals surface area contributed by atoms with Gasteiger partial charge in [-0.1, -0.05) is 31.5 Å². The molecule has 25 heavy (non-hydrogen) atoms. The number of carbonyl (C=O) groups excluding carboxylic acids is 2. The Labute approximate surface area is 151 Å². The Bertz CT molecular complexity index is 778. The molecule has 0 bridgehead atoms. The van der Waals surface area contributed by atoms with E-state index in [9.17, 15) is 14.0 Å². The summed E-state index contributed by atoms with van der Waals surface area (Å²) in [6.45, 7) is 4.75. The predicted molar refractivity (Wildman–Crippen MR) is 97.6 cm³/mol. The van der Waals surface area contributed by atoms with Crippen LogP contribution in [0.2, 0.25) is 5.02 Å². The van der Waals surface area contributed by atoms with Crippen LogP contribution in [-0.2, 0) is 0 Å². The van der Waals surface area contributed by atoms with Crippen LogP contribution >= 0.6 is 11.6 Å². The molecule has 0 saturated carbocycles. The lowest BCUT2D eigenvalue weighted by Gasteiger charge is -2.09. The number of amides is 2. The molecule has 0 fully saturated rings. The quantitative estimate of drug-likeness (QED) is 0.794. The predicted octanol–water partition coefficient (Wildman–Crippen LogP) is 4.51. The molecule has 0 saturated heterocycles. The highest BCUT2D eigenvalue weighted by atomic mass is 35.5. The summed E-state index contributed by atoms with van der Waals surface area (Å²) >= 11 is 5.70. The van der Waals surface area contributed by atoms with Crippen LogP contribution in [0, 0.1) is 11.7 Å². The van der Waals surface area contributed by atoms with E-state index in [-0.39, 0.29) is 10.9 Å². The molecule has 2 aromatic rings. The zero-order valence-corrected chi connectivity index (χ0v) is 14.9. The zero-order valence-electron chi connectivity index (χ0n) is 14.1. The van der Waals surface area contributed by atoms with Crippen LogP contribution in [0.3, 0.4) is 0 Å². The number of rotatable bonds is 6. The van der Waals surface area contributed by atoms with Crippen molar-refractivity contribution in [2.75, 3.05) is 11.9 Å². The van der Waals surface area contributed by atoms with Crippen molar-refractivity contribution in [3.05, 3.63) is 64.4 Å². The van der Waals surface area contributed by atoms with Gasteiger partial charge in [-0.05, 0) is 48.7 Å². The second kappa shape index (κ2) is 8.62. The Balaban J connectivity index is 2.05. The van der Waals surface area contributed by atoms with Crippen LogP contribution in [0.5, 0.6) is 0 Å². The standard InChI is InChI=1S/C19H20ClFN2O2/c1-12(2)8-9-22-18(24)13-4-3-5-14(10-13)19(25)23-15-6-7-17(21)16(20)11-15/h3-7,10-12H,8-9H2,1-2H3,(H,22,24)(H,23,25). The van der Waals surface area contributed by atoms with E-state index in [1.165, 1.54) is 24.3 Å². The monoisotopic (exact) mass is 362 g/mol. The van der Waals surface area contributed by atoms with Crippen molar-refractivity contribution < 1.29 is 14.0 Å². The van der Waals surface area contributed by atoms with Crippen LogP contribution in [0.25, 0.3) is 0 Å². The molecular weight excluding hydrogens is 343 g/mol. The zero-order chi connectivity index (χ0) is 18.4. The van der Waals surface area contributed by atoms with Gasteiger partial charge < -0.3 is 10.6 Å². The average Bonchev–Trinajstić information content (AvgIpc) is 2.58. The first-order chi connectivity index (χ1) is 11.9. The maximum Gasteiger partial charge on any atom is 0.255 e. The average molecular weight is 363 g/mol. The largest absolute Gasteiger partial charge is 0.352 e. The van der Waals surface area contributed by atoms with Crippen molar-refractivity contribution in [2.45, 2.75) is 20.3 Å². The van der Waals surface area contributed by atoms with Gasteiger partial charge >= 0.3 is 0 Å². The minimum atomic E-state index is -0.556. The number of nitrogens with one attached hydrogen (secondary N) is 2. The van der Waals surface area contributed by atoms with Crippen LogP contribution in [0.1, 0.15) is 41.0 Å². The first-order valence-corrected chi connectivity index (χ1v) is 8.39. The van der Waals surface area contributed by atoms with E-state index >= 15 is 0 Å². The number of benzene rings is 2. The van der Waals surface area contributed by atoms with Gasteiger partial charge in [0.1, 0.15) is 5.82 Å². The summed E-state index contributed by atoms with van der Waals surface area (Å²) in [4.78, 5) is 24.4. The van der Waals surface area contributed by atoms with Crippen molar-refractivity contribution in [1.29, 1.82) is 0 Å². The van der Waals surface area contributed by atoms with Gasteiger partial charge in [0.15, 0.2) is 0 Å². The first kappa shape index (κ1) is 18.9. The summed E-state index contributed by atoms with van der Waals surface area (Å²) < 4.78 is 13.2. The summed E-state index contributed by atoms with van der Waals surface area (Å²) in [6.07, 6.45) is 0.886. The normalized spacial score (nSPS) is 10.6. The lowest BCUT2D eigenvalue weighted by molar-refractivity contribution is 0.0952. The van der Waals surface area contributed by atoms with E-state index in [1.54, 1.807) is 18.2 Å². The van der Waals surface area contributed by atoms with Gasteiger partial charge in [-0.15, -0.1) is 0 Å². The SMILES string of the molecule is CC(C)CCNC(=O)c1cccc(C(=O)Nc2ccc(F)c(Cl)c2)c1. The van der Waals surface area contributed by atoms with Crippen LogP contribution < -0.4 is 10.6 Å². The fourth-order valence-electron chi connectivity index (χ4n) is 2.16. The molecular formula is C19H20ClFN2O2. The van der Waals surface area contributed by atoms with Crippen molar-refractivity contribution >= 4 is 29.1 Å². The molecule has 0 atom stereocenters. The molecule has 0 aliphatic rings. The van der Waals surface area contributed by atoms with E-state index in [1.807, 2.05) is 0 Å². The second-order valence-electron chi connectivity index (χ2n) is 6.10. The van der Waals surface area contributed by atoms with Crippen molar-refractivity contribution in [2.24, 2.45) is 5.92 Å². The van der Waals surface area contributed by atoms with Gasteiger partial charge in [0.05, 0.1) is 5.02 Å². The van der Waals surface area contributed by atoms with Gasteiger partial charge in [0, 0.05) is 23.4 Å². The Kier molecular flexibility index (Phi) is 6.53. The third kappa shape index (κ3) is 5.57. The van der Waals surface area contributed by atoms with Gasteiger partial charge in [-0.3, -0.25) is 9.59 Å². The number of hydrogen-bond acceptors (Lipinski definition) is 2. The van der Waals surface area contributed by atoms with Crippen molar-refractivity contribution in [3.63, 3.8) is 0 Å². The molecule has 2 aromatic carbocycles. The molecule has 2 rings (SSSR count). The summed E-state index contributed by atoms with van der Waals surface area (Å²) in [5, 5.41) is 5.39. The molecule has 132 valence electrons. The van der Waals surface area contributed by atoms with Gasteiger partial charge in [-0.25, -0.2) is 4.39 Å². The molecule has 2 N–H and O–H groups in total. The second-order valence-corrected chi connectivity index (χ2v) is 6.51. The highest BCUT2D eigenvalue weighted by Gasteiger charge is 2.11. The number of hydrogen-bond donors (Lipinski definition) is 2. The molecule has 0 heterocycles. The molecule has 0 aliphatic heterocycles. The van der Waals surface area contributed by atoms with E-state index < -0.39 is 11.7 Å². The van der Waals surface area contributed by atoms with Crippen molar-refractivity contribution in [3.8, 4) is 0 Å². The molecule has 2 amide bonds. The van der Waals surface area contributed by atoms with Crippen LogP contribution in [0.4, 0.5) is 10.1 Å². The molecule has 0 aromatic heterocycles. The molecule has 0 unspecified atom stereocenters. The maximum atomic E-state index is 13.2. The summed E-state index contributed by atoms with van der Waals surface area (Å²) in [7, 11) is 0. The van der Waals surface area contributed by atoms with Crippen LogP contribution in [-0.4, -0.2) is 18.4 Å². The van der Waals surface area contributed by atoms with E-state index in [4.69, 9.17) is 11.6 Å². The number of carbonyl (C=O) groups is 2. The minimum absolute atomic E-state index is 0.0731. The topological polar surface area (TPSA) is 58.2 Å². The maximum absolute atomic E-state index is 13.2. The van der Waals surface area contributed by atoms with E-state index in [0.29, 0.717) is 29.3 Å². The lowest BCUT2D eigenvalue weighted by Crippen LogP contribution is -2.25. The molecule has 0 aliphatic carbocycles. The van der Waals surface area contributed by atoms with Crippen molar-refractivity contribution in [1.82, 2.24) is 5.32 Å². The molecule has 0 radical (unpaired) electrons.